The van der Waals surface area contributed by atoms with Crippen molar-refractivity contribution in [3.63, 3.8) is 0 Å². The van der Waals surface area contributed by atoms with Gasteiger partial charge in [0.1, 0.15) is 11.3 Å². The molecule has 4 aromatic rings. The van der Waals surface area contributed by atoms with Crippen LogP contribution in [0.25, 0.3) is 11.0 Å². The summed E-state index contributed by atoms with van der Waals surface area (Å²) in [6.45, 7) is 3.57. The van der Waals surface area contributed by atoms with E-state index in [1.165, 1.54) is 0 Å². The van der Waals surface area contributed by atoms with Crippen LogP contribution in [-0.4, -0.2) is 17.5 Å². The molecule has 4 rings (SSSR count). The molecule has 31 heavy (non-hydrogen) atoms. The first-order chi connectivity index (χ1) is 15.0. The lowest BCUT2D eigenvalue weighted by Gasteiger charge is -2.13. The van der Waals surface area contributed by atoms with Gasteiger partial charge in [-0.3, -0.25) is 9.78 Å². The van der Waals surface area contributed by atoms with Crippen molar-refractivity contribution in [3.05, 3.63) is 99.7 Å². The molecule has 6 nitrogen and oxygen atoms in total. The molecule has 2 aromatic heterocycles. The zero-order valence-corrected chi connectivity index (χ0v) is 17.3. The zero-order valence-electron chi connectivity index (χ0n) is 17.3. The molecular formula is C25H22N2O4. The number of carbonyl (C=O) groups excluding carboxylic acids is 1. The van der Waals surface area contributed by atoms with Gasteiger partial charge in [-0.1, -0.05) is 30.3 Å². The van der Waals surface area contributed by atoms with Crippen molar-refractivity contribution in [2.45, 2.75) is 20.3 Å². The molecule has 0 saturated carbocycles. The third kappa shape index (κ3) is 4.48. The van der Waals surface area contributed by atoms with Gasteiger partial charge in [0.25, 0.3) is 5.91 Å². The minimum absolute atomic E-state index is 0.170. The highest BCUT2D eigenvalue weighted by atomic mass is 16.5. The number of aromatic nitrogens is 1. The van der Waals surface area contributed by atoms with E-state index in [4.69, 9.17) is 9.15 Å². The van der Waals surface area contributed by atoms with E-state index < -0.39 is 0 Å². The largest absolute Gasteiger partial charge is 0.483 e. The van der Waals surface area contributed by atoms with E-state index in [1.54, 1.807) is 30.6 Å². The highest BCUT2D eigenvalue weighted by Gasteiger charge is 2.16. The van der Waals surface area contributed by atoms with Crippen molar-refractivity contribution < 1.29 is 13.9 Å². The number of nitrogens with one attached hydrogen (secondary N) is 1. The Morgan fingerprint density at radius 1 is 1.03 bits per heavy atom. The van der Waals surface area contributed by atoms with Gasteiger partial charge in [0.2, 0.25) is 0 Å². The summed E-state index contributed by atoms with van der Waals surface area (Å²) in [4.78, 5) is 28.8. The van der Waals surface area contributed by atoms with E-state index in [0.29, 0.717) is 34.6 Å². The van der Waals surface area contributed by atoms with Gasteiger partial charge in [-0.05, 0) is 49.2 Å². The molecule has 6 heteroatoms. The van der Waals surface area contributed by atoms with Crippen molar-refractivity contribution in [2.75, 3.05) is 11.9 Å². The maximum absolute atomic E-state index is 12.7. The topological polar surface area (TPSA) is 81.4 Å². The summed E-state index contributed by atoms with van der Waals surface area (Å²) in [5, 5.41) is 3.57. The molecule has 0 aliphatic heterocycles. The summed E-state index contributed by atoms with van der Waals surface area (Å²) in [7, 11) is 0. The van der Waals surface area contributed by atoms with Crippen LogP contribution in [0, 0.1) is 13.8 Å². The van der Waals surface area contributed by atoms with Gasteiger partial charge < -0.3 is 14.5 Å². The molecule has 2 aromatic carbocycles. The highest BCUT2D eigenvalue weighted by molar-refractivity contribution is 5.92. The summed E-state index contributed by atoms with van der Waals surface area (Å²) in [5.74, 6) is 0.190. The van der Waals surface area contributed by atoms with Gasteiger partial charge >= 0.3 is 5.63 Å². The Balaban J connectivity index is 1.57. The van der Waals surface area contributed by atoms with Crippen molar-refractivity contribution >= 4 is 22.6 Å². The van der Waals surface area contributed by atoms with Crippen LogP contribution in [0.1, 0.15) is 22.3 Å². The fourth-order valence-electron chi connectivity index (χ4n) is 3.51. The van der Waals surface area contributed by atoms with Crippen molar-refractivity contribution in [1.82, 2.24) is 4.98 Å². The molecular weight excluding hydrogens is 392 g/mol. The number of ether oxygens (including phenoxy) is 1. The Bertz CT molecular complexity index is 1280. The second kappa shape index (κ2) is 8.83. The van der Waals surface area contributed by atoms with E-state index in [0.717, 1.165) is 16.5 Å². The van der Waals surface area contributed by atoms with Crippen LogP contribution in [0.3, 0.4) is 0 Å². The molecule has 1 amide bonds. The summed E-state index contributed by atoms with van der Waals surface area (Å²) >= 11 is 0. The SMILES string of the molecule is Cc1c(Cc2ccccc2)c(=O)oc2c(C)c(OCC(=O)Nc3cccnc3)ccc12. The molecule has 0 unspecified atom stereocenters. The number of benzene rings is 2. The number of anilines is 1. The average molecular weight is 414 g/mol. The van der Waals surface area contributed by atoms with Crippen molar-refractivity contribution in [1.29, 1.82) is 0 Å². The van der Waals surface area contributed by atoms with Gasteiger partial charge in [-0.25, -0.2) is 4.79 Å². The summed E-state index contributed by atoms with van der Waals surface area (Å²) in [6.07, 6.45) is 3.70. The number of nitrogens with zero attached hydrogens (tertiary/aromatic N) is 1. The number of fused-ring (bicyclic) bond motifs is 1. The maximum Gasteiger partial charge on any atom is 0.340 e. The first kappa shape index (κ1) is 20.3. The predicted octanol–water partition coefficient (Wildman–Crippen LogP) is 4.41. The van der Waals surface area contributed by atoms with Gasteiger partial charge in [0, 0.05) is 29.1 Å². The number of aryl methyl sites for hydroxylation is 2. The third-order valence-corrected chi connectivity index (χ3v) is 5.18. The first-order valence-electron chi connectivity index (χ1n) is 9.95. The molecule has 0 aliphatic rings. The monoisotopic (exact) mass is 414 g/mol. The minimum atomic E-state index is -0.358. The van der Waals surface area contributed by atoms with Gasteiger partial charge in [0.15, 0.2) is 6.61 Å². The third-order valence-electron chi connectivity index (χ3n) is 5.18. The minimum Gasteiger partial charge on any atom is -0.483 e. The van der Waals surface area contributed by atoms with Crippen LogP contribution in [0.4, 0.5) is 5.69 Å². The number of carbonyl (C=O) groups is 1. The Morgan fingerprint density at radius 3 is 2.58 bits per heavy atom. The molecule has 2 heterocycles. The van der Waals surface area contributed by atoms with Crippen LogP contribution in [0.5, 0.6) is 5.75 Å². The molecule has 1 N–H and O–H groups in total. The Morgan fingerprint density at radius 2 is 1.84 bits per heavy atom. The van der Waals surface area contributed by atoms with Crippen LogP contribution >= 0.6 is 0 Å². The van der Waals surface area contributed by atoms with Crippen LogP contribution in [0.15, 0.2) is 76.2 Å². The summed E-state index contributed by atoms with van der Waals surface area (Å²) in [6, 6.07) is 17.0. The quantitative estimate of drug-likeness (QED) is 0.473. The van der Waals surface area contributed by atoms with Gasteiger partial charge in [-0.2, -0.15) is 0 Å². The number of hydrogen-bond acceptors (Lipinski definition) is 5. The normalized spacial score (nSPS) is 10.8. The summed E-state index contributed by atoms with van der Waals surface area (Å²) < 4.78 is 11.4. The number of rotatable bonds is 6. The first-order valence-corrected chi connectivity index (χ1v) is 9.95. The lowest BCUT2D eigenvalue weighted by molar-refractivity contribution is -0.118. The average Bonchev–Trinajstić information content (AvgIpc) is 2.78. The van der Waals surface area contributed by atoms with Crippen LogP contribution in [0.2, 0.25) is 0 Å². The smallest absolute Gasteiger partial charge is 0.340 e. The molecule has 0 bridgehead atoms. The van der Waals surface area contributed by atoms with E-state index >= 15 is 0 Å². The highest BCUT2D eigenvalue weighted by Crippen LogP contribution is 2.30. The van der Waals surface area contributed by atoms with E-state index in [1.807, 2.05) is 50.2 Å². The molecule has 0 fully saturated rings. The zero-order chi connectivity index (χ0) is 21.8. The molecule has 0 aliphatic carbocycles. The fraction of sp³-hybridized carbons (Fsp3) is 0.160. The Labute approximate surface area is 179 Å². The van der Waals surface area contributed by atoms with E-state index in [-0.39, 0.29) is 18.1 Å². The second-order valence-electron chi connectivity index (χ2n) is 7.30. The molecule has 0 saturated heterocycles. The predicted molar refractivity (Wildman–Crippen MR) is 120 cm³/mol. The Hall–Kier alpha value is -3.93. The fourth-order valence-corrected chi connectivity index (χ4v) is 3.51. The van der Waals surface area contributed by atoms with Gasteiger partial charge in [0.05, 0.1) is 11.9 Å². The summed E-state index contributed by atoms with van der Waals surface area (Å²) in [5.41, 5.74) is 3.97. The number of pyridine rings is 1. The maximum atomic E-state index is 12.7. The molecule has 0 spiro atoms. The van der Waals surface area contributed by atoms with Crippen LogP contribution < -0.4 is 15.7 Å². The Kier molecular flexibility index (Phi) is 5.80. The van der Waals surface area contributed by atoms with Crippen molar-refractivity contribution in [3.8, 4) is 5.75 Å². The number of amides is 1. The van der Waals surface area contributed by atoms with Crippen molar-refractivity contribution in [2.24, 2.45) is 0 Å². The van der Waals surface area contributed by atoms with E-state index in [9.17, 15) is 9.59 Å². The standard InChI is InChI=1S/C25H22N2O4/c1-16-20-10-11-22(30-15-23(28)27-19-9-6-12-26-14-19)17(2)24(20)31-25(29)21(16)13-18-7-4-3-5-8-18/h3-12,14H,13,15H2,1-2H3,(H,27,28). The van der Waals surface area contributed by atoms with Crippen LogP contribution in [-0.2, 0) is 11.2 Å². The van der Waals surface area contributed by atoms with Gasteiger partial charge in [-0.15, -0.1) is 0 Å². The van der Waals surface area contributed by atoms with E-state index in [2.05, 4.69) is 10.3 Å². The molecule has 156 valence electrons. The number of hydrogen-bond donors (Lipinski definition) is 1. The molecule has 0 radical (unpaired) electrons. The second-order valence-corrected chi connectivity index (χ2v) is 7.30. The molecule has 0 atom stereocenters. The lowest BCUT2D eigenvalue weighted by Crippen LogP contribution is -2.20. The lowest BCUT2D eigenvalue weighted by atomic mass is 9.98.